The third-order valence-corrected chi connectivity index (χ3v) is 4.61. The maximum absolute atomic E-state index is 13.0. The molecule has 1 aliphatic heterocycles. The summed E-state index contributed by atoms with van der Waals surface area (Å²) in [5, 5.41) is 2.77. The van der Waals surface area contributed by atoms with Crippen molar-refractivity contribution in [2.24, 2.45) is 0 Å². The molecule has 0 bridgehead atoms. The van der Waals surface area contributed by atoms with Crippen LogP contribution in [0.5, 0.6) is 0 Å². The molecule has 0 aliphatic carbocycles. The molecular formula is C20H17F6NO2. The number of halogens is 6. The van der Waals surface area contributed by atoms with Crippen molar-refractivity contribution in [1.82, 2.24) is 5.32 Å². The van der Waals surface area contributed by atoms with Gasteiger partial charge in [-0.15, -0.1) is 0 Å². The van der Waals surface area contributed by atoms with Crippen LogP contribution in [0.15, 0.2) is 48.5 Å². The summed E-state index contributed by atoms with van der Waals surface area (Å²) in [7, 11) is 0. The summed E-state index contributed by atoms with van der Waals surface area (Å²) in [6.07, 6.45) is -9.96. The summed E-state index contributed by atoms with van der Waals surface area (Å²) in [5.74, 6) is -0.197. The van der Waals surface area contributed by atoms with Gasteiger partial charge in [0.25, 0.3) is 0 Å². The Kier molecular flexibility index (Phi) is 5.88. The number of benzene rings is 2. The van der Waals surface area contributed by atoms with Gasteiger partial charge < -0.3 is 10.1 Å². The second kappa shape index (κ2) is 8.06. The Morgan fingerprint density at radius 1 is 0.931 bits per heavy atom. The largest absolute Gasteiger partial charge is 0.416 e. The van der Waals surface area contributed by atoms with E-state index in [9.17, 15) is 31.1 Å². The maximum atomic E-state index is 13.0. The Balaban J connectivity index is 1.83. The molecule has 0 saturated carbocycles. The lowest BCUT2D eigenvalue weighted by Crippen LogP contribution is -2.42. The van der Waals surface area contributed by atoms with Crippen LogP contribution in [0.2, 0.25) is 0 Å². The zero-order valence-corrected chi connectivity index (χ0v) is 15.0. The number of amides is 1. The van der Waals surface area contributed by atoms with Crippen LogP contribution >= 0.6 is 0 Å². The SMILES string of the molecule is O=C1CC[C@@H](OCc2cc(C(F)(F)F)cc(C(F)(F)F)c2)[C@@H](c2ccccc2)N1. The van der Waals surface area contributed by atoms with Crippen molar-refractivity contribution in [3.63, 3.8) is 0 Å². The molecule has 9 heteroatoms. The van der Waals surface area contributed by atoms with Gasteiger partial charge in [0, 0.05) is 6.42 Å². The van der Waals surface area contributed by atoms with Crippen molar-refractivity contribution >= 4 is 5.91 Å². The number of alkyl halides is 6. The average molecular weight is 417 g/mol. The Morgan fingerprint density at radius 3 is 2.07 bits per heavy atom. The lowest BCUT2D eigenvalue weighted by atomic mass is 9.94. The topological polar surface area (TPSA) is 38.3 Å². The first kappa shape index (κ1) is 21.2. The quantitative estimate of drug-likeness (QED) is 0.690. The average Bonchev–Trinajstić information content (AvgIpc) is 2.66. The van der Waals surface area contributed by atoms with E-state index in [1.807, 2.05) is 0 Å². The van der Waals surface area contributed by atoms with E-state index >= 15 is 0 Å². The Bertz CT molecular complexity index is 831. The Hall–Kier alpha value is -2.55. The van der Waals surface area contributed by atoms with Gasteiger partial charge in [-0.3, -0.25) is 4.79 Å². The molecule has 156 valence electrons. The summed E-state index contributed by atoms with van der Waals surface area (Å²) in [5.41, 5.74) is -2.27. The Morgan fingerprint density at radius 2 is 1.52 bits per heavy atom. The summed E-state index contributed by atoms with van der Waals surface area (Å²) >= 11 is 0. The predicted molar refractivity (Wildman–Crippen MR) is 91.6 cm³/mol. The zero-order valence-electron chi connectivity index (χ0n) is 15.0. The minimum absolute atomic E-state index is 0.0805. The first-order valence-electron chi connectivity index (χ1n) is 8.78. The summed E-state index contributed by atoms with van der Waals surface area (Å²) in [6, 6.07) is 9.66. The number of carbonyl (C=O) groups excluding carboxylic acids is 1. The van der Waals surface area contributed by atoms with Crippen LogP contribution in [-0.2, 0) is 28.5 Å². The molecule has 0 unspecified atom stereocenters. The molecular weight excluding hydrogens is 400 g/mol. The van der Waals surface area contributed by atoms with E-state index in [2.05, 4.69) is 5.32 Å². The third-order valence-electron chi connectivity index (χ3n) is 4.61. The second-order valence-electron chi connectivity index (χ2n) is 6.76. The number of rotatable bonds is 4. The monoisotopic (exact) mass is 417 g/mol. The van der Waals surface area contributed by atoms with Gasteiger partial charge in [0.2, 0.25) is 5.91 Å². The standard InChI is InChI=1S/C20H17F6NO2/c21-19(22,23)14-8-12(9-15(10-14)20(24,25)26)11-29-16-6-7-17(28)27-18(16)13-4-2-1-3-5-13/h1-5,8-10,16,18H,6-7,11H2,(H,27,28)/t16-,18-/m1/s1. The normalized spacial score (nSPS) is 20.4. The highest BCUT2D eigenvalue weighted by Crippen LogP contribution is 2.37. The zero-order chi connectivity index (χ0) is 21.2. The van der Waals surface area contributed by atoms with E-state index < -0.39 is 42.2 Å². The van der Waals surface area contributed by atoms with Gasteiger partial charge >= 0.3 is 12.4 Å². The van der Waals surface area contributed by atoms with Crippen molar-refractivity contribution in [2.75, 3.05) is 0 Å². The molecule has 2 aromatic carbocycles. The number of piperidine rings is 1. The highest BCUT2D eigenvalue weighted by molar-refractivity contribution is 5.77. The molecule has 1 N–H and O–H groups in total. The molecule has 3 rings (SSSR count). The lowest BCUT2D eigenvalue weighted by Gasteiger charge is -2.32. The number of ether oxygens (including phenoxy) is 1. The third kappa shape index (κ3) is 5.29. The van der Waals surface area contributed by atoms with E-state index in [-0.39, 0.29) is 24.0 Å². The molecule has 1 aliphatic rings. The number of nitrogens with one attached hydrogen (secondary N) is 1. The fourth-order valence-corrected chi connectivity index (χ4v) is 3.22. The van der Waals surface area contributed by atoms with E-state index in [1.165, 1.54) is 0 Å². The number of hydrogen-bond acceptors (Lipinski definition) is 2. The van der Waals surface area contributed by atoms with E-state index in [4.69, 9.17) is 4.74 Å². The second-order valence-corrected chi connectivity index (χ2v) is 6.76. The van der Waals surface area contributed by atoms with Crippen LogP contribution in [-0.4, -0.2) is 12.0 Å². The van der Waals surface area contributed by atoms with Gasteiger partial charge in [0.15, 0.2) is 0 Å². The van der Waals surface area contributed by atoms with Crippen LogP contribution in [0, 0.1) is 0 Å². The molecule has 0 spiro atoms. The van der Waals surface area contributed by atoms with Crippen LogP contribution in [0.1, 0.15) is 41.1 Å². The molecule has 2 atom stereocenters. The van der Waals surface area contributed by atoms with Crippen molar-refractivity contribution < 1.29 is 35.9 Å². The van der Waals surface area contributed by atoms with Crippen LogP contribution in [0.25, 0.3) is 0 Å². The van der Waals surface area contributed by atoms with E-state index in [1.54, 1.807) is 30.3 Å². The summed E-state index contributed by atoms with van der Waals surface area (Å²) < 4.78 is 83.7. The summed E-state index contributed by atoms with van der Waals surface area (Å²) in [6.45, 7) is -0.448. The van der Waals surface area contributed by atoms with E-state index in [0.717, 1.165) is 5.56 Å². The lowest BCUT2D eigenvalue weighted by molar-refractivity contribution is -0.143. The van der Waals surface area contributed by atoms with Crippen molar-refractivity contribution in [2.45, 2.75) is 43.9 Å². The first-order valence-corrected chi connectivity index (χ1v) is 8.78. The molecule has 1 fully saturated rings. The molecule has 1 heterocycles. The molecule has 0 aromatic heterocycles. The minimum atomic E-state index is -4.92. The first-order chi connectivity index (χ1) is 13.5. The van der Waals surface area contributed by atoms with Gasteiger partial charge in [0.1, 0.15) is 0 Å². The molecule has 29 heavy (non-hydrogen) atoms. The Labute approximate surface area is 162 Å². The highest BCUT2D eigenvalue weighted by Gasteiger charge is 2.37. The summed E-state index contributed by atoms with van der Waals surface area (Å²) in [4.78, 5) is 11.8. The van der Waals surface area contributed by atoms with Crippen molar-refractivity contribution in [3.05, 3.63) is 70.8 Å². The van der Waals surface area contributed by atoms with Crippen LogP contribution in [0.4, 0.5) is 26.3 Å². The molecule has 1 amide bonds. The highest BCUT2D eigenvalue weighted by atomic mass is 19.4. The fourth-order valence-electron chi connectivity index (χ4n) is 3.22. The number of hydrogen-bond donors (Lipinski definition) is 1. The van der Waals surface area contributed by atoms with Crippen molar-refractivity contribution in [3.8, 4) is 0 Å². The van der Waals surface area contributed by atoms with Crippen LogP contribution in [0.3, 0.4) is 0 Å². The molecule has 1 saturated heterocycles. The van der Waals surface area contributed by atoms with Crippen molar-refractivity contribution in [1.29, 1.82) is 0 Å². The van der Waals surface area contributed by atoms with Gasteiger partial charge in [0.05, 0.1) is 29.9 Å². The molecule has 3 nitrogen and oxygen atoms in total. The minimum Gasteiger partial charge on any atom is -0.371 e. The molecule has 0 radical (unpaired) electrons. The van der Waals surface area contributed by atoms with Gasteiger partial charge in [-0.1, -0.05) is 30.3 Å². The number of carbonyl (C=O) groups is 1. The maximum Gasteiger partial charge on any atom is 0.416 e. The van der Waals surface area contributed by atoms with Gasteiger partial charge in [-0.2, -0.15) is 26.3 Å². The fraction of sp³-hybridized carbons (Fsp3) is 0.350. The van der Waals surface area contributed by atoms with E-state index in [0.29, 0.717) is 18.6 Å². The predicted octanol–water partition coefficient (Wildman–Crippen LogP) is 5.26. The van der Waals surface area contributed by atoms with Gasteiger partial charge in [-0.25, -0.2) is 0 Å². The van der Waals surface area contributed by atoms with Gasteiger partial charge in [-0.05, 0) is 35.7 Å². The van der Waals surface area contributed by atoms with Crippen LogP contribution < -0.4 is 5.32 Å². The smallest absolute Gasteiger partial charge is 0.371 e. The molecule has 2 aromatic rings.